The molecule has 2 aromatic rings. The maximum Gasteiger partial charge on any atom is 0.255 e. The van der Waals surface area contributed by atoms with Crippen molar-refractivity contribution in [2.24, 2.45) is 0 Å². The first-order valence-corrected chi connectivity index (χ1v) is 10.5. The van der Waals surface area contributed by atoms with Gasteiger partial charge in [0.25, 0.3) is 5.91 Å². The van der Waals surface area contributed by atoms with Crippen LogP contribution in [0.5, 0.6) is 0 Å². The molecule has 0 radical (unpaired) electrons. The highest BCUT2D eigenvalue weighted by Crippen LogP contribution is 2.19. The van der Waals surface area contributed by atoms with Crippen LogP contribution in [-0.4, -0.2) is 79.2 Å². The van der Waals surface area contributed by atoms with E-state index in [1.165, 1.54) is 5.56 Å². The van der Waals surface area contributed by atoms with Crippen LogP contribution in [0.2, 0.25) is 0 Å². The zero-order chi connectivity index (χ0) is 21.5. The molecule has 30 heavy (non-hydrogen) atoms. The third-order valence-corrected chi connectivity index (χ3v) is 5.64. The van der Waals surface area contributed by atoms with Crippen LogP contribution in [0.25, 0.3) is 0 Å². The van der Waals surface area contributed by atoms with E-state index in [2.05, 4.69) is 26.9 Å². The summed E-state index contributed by atoms with van der Waals surface area (Å²) >= 11 is 0. The molecule has 0 saturated carbocycles. The highest BCUT2D eigenvalue weighted by atomic mass is 16.5. The van der Waals surface area contributed by atoms with Crippen molar-refractivity contribution in [3.05, 3.63) is 58.9 Å². The lowest BCUT2D eigenvalue weighted by Crippen LogP contribution is -2.51. The van der Waals surface area contributed by atoms with E-state index < -0.39 is 0 Å². The molecule has 1 aromatic carbocycles. The van der Waals surface area contributed by atoms with Gasteiger partial charge in [-0.05, 0) is 25.5 Å². The largest absolute Gasteiger partial charge is 0.383 e. The van der Waals surface area contributed by atoms with Gasteiger partial charge in [0.15, 0.2) is 0 Å². The second kappa shape index (κ2) is 10.4. The first-order valence-electron chi connectivity index (χ1n) is 10.5. The number of piperazine rings is 1. The van der Waals surface area contributed by atoms with E-state index in [0.29, 0.717) is 45.9 Å². The van der Waals surface area contributed by atoms with E-state index in [-0.39, 0.29) is 11.8 Å². The van der Waals surface area contributed by atoms with Crippen LogP contribution in [0.4, 0.5) is 0 Å². The van der Waals surface area contributed by atoms with E-state index in [4.69, 9.17) is 4.74 Å². The fourth-order valence-electron chi connectivity index (χ4n) is 3.86. The molecular weight excluding hydrogens is 380 g/mol. The lowest BCUT2D eigenvalue weighted by Gasteiger charge is -2.34. The van der Waals surface area contributed by atoms with Crippen molar-refractivity contribution in [2.75, 3.05) is 53.0 Å². The summed E-state index contributed by atoms with van der Waals surface area (Å²) in [4.78, 5) is 29.1. The lowest BCUT2D eigenvalue weighted by atomic mass is 10.2. The normalized spacial score (nSPS) is 14.7. The van der Waals surface area contributed by atoms with Gasteiger partial charge in [0.1, 0.15) is 0 Å². The number of hydrogen-bond donors (Lipinski definition) is 1. The molecule has 1 fully saturated rings. The number of aromatic nitrogens is 1. The molecule has 162 valence electrons. The molecule has 1 aromatic heterocycles. The van der Waals surface area contributed by atoms with Gasteiger partial charge in [-0.25, -0.2) is 0 Å². The highest BCUT2D eigenvalue weighted by molar-refractivity contribution is 5.95. The monoisotopic (exact) mass is 412 g/mol. The van der Waals surface area contributed by atoms with Gasteiger partial charge < -0.3 is 19.5 Å². The van der Waals surface area contributed by atoms with Gasteiger partial charge in [-0.3, -0.25) is 14.5 Å². The molecule has 7 heteroatoms. The highest BCUT2D eigenvalue weighted by Gasteiger charge is 2.26. The Kier molecular flexibility index (Phi) is 7.65. The molecule has 7 nitrogen and oxygen atoms in total. The van der Waals surface area contributed by atoms with Crippen LogP contribution in [0.3, 0.4) is 0 Å². The Balaban J connectivity index is 1.56. The summed E-state index contributed by atoms with van der Waals surface area (Å²) in [5.74, 6) is 0.0721. The van der Waals surface area contributed by atoms with Crippen LogP contribution in [0.1, 0.15) is 27.3 Å². The lowest BCUT2D eigenvalue weighted by molar-refractivity contribution is -0.122. The molecule has 0 spiro atoms. The number of methoxy groups -OCH3 is 1. The predicted molar refractivity (Wildman–Crippen MR) is 117 cm³/mol. The fourth-order valence-corrected chi connectivity index (χ4v) is 3.86. The minimum absolute atomic E-state index is 0.00344. The third kappa shape index (κ3) is 5.49. The third-order valence-electron chi connectivity index (χ3n) is 5.64. The minimum Gasteiger partial charge on any atom is -0.383 e. The Morgan fingerprint density at radius 3 is 2.43 bits per heavy atom. The first-order chi connectivity index (χ1) is 14.5. The SMILES string of the molecule is COCCNC(=O)CN1CCN(C(=O)c2cc(C)n(Cc3ccccc3)c2C)CC1. The smallest absolute Gasteiger partial charge is 0.255 e. The number of aryl methyl sites for hydroxylation is 1. The van der Waals surface area contributed by atoms with Gasteiger partial charge in [-0.15, -0.1) is 0 Å². The molecular formula is C23H32N4O3. The van der Waals surface area contributed by atoms with Gasteiger partial charge in [0, 0.05) is 57.8 Å². The van der Waals surface area contributed by atoms with Crippen molar-refractivity contribution in [3.63, 3.8) is 0 Å². The summed E-state index contributed by atoms with van der Waals surface area (Å²) in [6.45, 7) is 8.88. The summed E-state index contributed by atoms with van der Waals surface area (Å²) in [5.41, 5.74) is 4.08. The van der Waals surface area contributed by atoms with E-state index in [1.807, 2.05) is 43.0 Å². The second-order valence-corrected chi connectivity index (χ2v) is 7.77. The van der Waals surface area contributed by atoms with Crippen LogP contribution in [-0.2, 0) is 16.1 Å². The van der Waals surface area contributed by atoms with Crippen molar-refractivity contribution >= 4 is 11.8 Å². The zero-order valence-corrected chi connectivity index (χ0v) is 18.2. The summed E-state index contributed by atoms with van der Waals surface area (Å²) in [5, 5.41) is 2.84. The standard InChI is InChI=1S/C23H32N4O3/c1-18-15-21(19(2)27(18)16-20-7-5-4-6-8-20)23(29)26-12-10-25(11-13-26)17-22(28)24-9-14-30-3/h4-8,15H,9-14,16-17H2,1-3H3,(H,24,28). The topological polar surface area (TPSA) is 66.8 Å². The average Bonchev–Trinajstić information content (AvgIpc) is 3.03. The van der Waals surface area contributed by atoms with Crippen molar-refractivity contribution in [1.82, 2.24) is 19.7 Å². The second-order valence-electron chi connectivity index (χ2n) is 7.77. The summed E-state index contributed by atoms with van der Waals surface area (Å²) < 4.78 is 7.14. The van der Waals surface area contributed by atoms with Crippen LogP contribution in [0.15, 0.2) is 36.4 Å². The number of nitrogens with one attached hydrogen (secondary N) is 1. The van der Waals surface area contributed by atoms with Crippen molar-refractivity contribution < 1.29 is 14.3 Å². The molecule has 1 aliphatic rings. The van der Waals surface area contributed by atoms with Crippen LogP contribution < -0.4 is 5.32 Å². The quantitative estimate of drug-likeness (QED) is 0.670. The summed E-state index contributed by atoms with van der Waals surface area (Å²) in [7, 11) is 1.61. The van der Waals surface area contributed by atoms with E-state index in [9.17, 15) is 9.59 Å². The molecule has 1 saturated heterocycles. The number of rotatable bonds is 8. The maximum atomic E-state index is 13.1. The molecule has 2 heterocycles. The van der Waals surface area contributed by atoms with Gasteiger partial charge in [0.2, 0.25) is 5.91 Å². The number of nitrogens with zero attached hydrogens (tertiary/aromatic N) is 3. The number of carbonyl (C=O) groups is 2. The summed E-state index contributed by atoms with van der Waals surface area (Å²) in [6, 6.07) is 12.3. The molecule has 0 unspecified atom stereocenters. The van der Waals surface area contributed by atoms with Gasteiger partial charge in [-0.2, -0.15) is 0 Å². The molecule has 2 amide bonds. The Morgan fingerprint density at radius 2 is 1.77 bits per heavy atom. The van der Waals surface area contributed by atoms with Crippen LogP contribution in [0, 0.1) is 13.8 Å². The number of hydrogen-bond acceptors (Lipinski definition) is 4. The maximum absolute atomic E-state index is 13.1. The van der Waals surface area contributed by atoms with E-state index in [1.54, 1.807) is 7.11 Å². The van der Waals surface area contributed by atoms with Gasteiger partial charge in [0.05, 0.1) is 18.7 Å². The fraction of sp³-hybridized carbons (Fsp3) is 0.478. The number of benzene rings is 1. The molecule has 0 aliphatic carbocycles. The molecule has 1 aliphatic heterocycles. The summed E-state index contributed by atoms with van der Waals surface area (Å²) in [6.07, 6.45) is 0. The van der Waals surface area contributed by atoms with Crippen LogP contribution >= 0.6 is 0 Å². The molecule has 1 N–H and O–H groups in total. The average molecular weight is 413 g/mol. The van der Waals surface area contributed by atoms with Gasteiger partial charge >= 0.3 is 0 Å². The number of ether oxygens (including phenoxy) is 1. The Hall–Kier alpha value is -2.64. The first kappa shape index (κ1) is 22.1. The Bertz CT molecular complexity index is 855. The molecule has 3 rings (SSSR count). The zero-order valence-electron chi connectivity index (χ0n) is 18.2. The van der Waals surface area contributed by atoms with E-state index in [0.717, 1.165) is 23.5 Å². The Morgan fingerprint density at radius 1 is 1.07 bits per heavy atom. The van der Waals surface area contributed by atoms with Gasteiger partial charge in [-0.1, -0.05) is 30.3 Å². The van der Waals surface area contributed by atoms with E-state index >= 15 is 0 Å². The minimum atomic E-state index is -0.00344. The predicted octanol–water partition coefficient (Wildman–Crippen LogP) is 1.67. The van der Waals surface area contributed by atoms with Crippen molar-refractivity contribution in [1.29, 1.82) is 0 Å². The number of amides is 2. The molecule has 0 bridgehead atoms. The van der Waals surface area contributed by atoms with Crippen molar-refractivity contribution in [3.8, 4) is 0 Å². The molecule has 0 atom stereocenters. The van der Waals surface area contributed by atoms with Crippen molar-refractivity contribution in [2.45, 2.75) is 20.4 Å². The Labute approximate surface area is 178 Å². The number of carbonyl (C=O) groups excluding carboxylic acids is 2.